The Kier molecular flexibility index (Phi) is 3.49. The second-order valence-electron chi connectivity index (χ2n) is 5.75. The molecule has 0 spiro atoms. The molecule has 0 atom stereocenters. The van der Waals surface area contributed by atoms with Crippen LogP contribution in [0.2, 0.25) is 0 Å². The fraction of sp³-hybridized carbons (Fsp3) is 0.250. The third-order valence-electron chi connectivity index (χ3n) is 4.04. The molecule has 8 nitrogen and oxygen atoms in total. The van der Waals surface area contributed by atoms with Crippen LogP contribution in [0.3, 0.4) is 0 Å². The molecule has 1 aliphatic rings. The summed E-state index contributed by atoms with van der Waals surface area (Å²) in [6, 6.07) is 11.0. The van der Waals surface area contributed by atoms with E-state index in [2.05, 4.69) is 15.4 Å². The minimum absolute atomic E-state index is 0.00996. The van der Waals surface area contributed by atoms with Crippen molar-refractivity contribution in [2.75, 3.05) is 13.1 Å². The summed E-state index contributed by atoms with van der Waals surface area (Å²) in [5.74, 6) is 0.663. The molecule has 0 saturated carbocycles. The molecule has 1 saturated heterocycles. The average Bonchev–Trinajstić information content (AvgIpc) is 3.16. The summed E-state index contributed by atoms with van der Waals surface area (Å²) in [7, 11) is 0. The number of aromatic nitrogens is 4. The van der Waals surface area contributed by atoms with Gasteiger partial charge in [-0.1, -0.05) is 18.2 Å². The Balaban J connectivity index is 1.36. The molecule has 0 radical (unpaired) electrons. The minimum Gasteiger partial charge on any atom is -0.383 e. The van der Waals surface area contributed by atoms with Crippen molar-refractivity contribution in [1.82, 2.24) is 25.1 Å². The molecule has 1 aliphatic heterocycles. The van der Waals surface area contributed by atoms with Crippen LogP contribution in [0.25, 0.3) is 5.69 Å². The number of amides is 1. The molecule has 3 aromatic rings. The Hall–Kier alpha value is -3.16. The highest BCUT2D eigenvalue weighted by molar-refractivity contribution is 5.79. The van der Waals surface area contributed by atoms with Gasteiger partial charge in [-0.15, -0.1) is 0 Å². The summed E-state index contributed by atoms with van der Waals surface area (Å²) in [4.78, 5) is 26.6. The van der Waals surface area contributed by atoms with Crippen LogP contribution < -0.4 is 5.56 Å². The fourth-order valence-corrected chi connectivity index (χ4v) is 2.69. The van der Waals surface area contributed by atoms with Crippen molar-refractivity contribution < 1.29 is 9.32 Å². The number of benzene rings is 1. The zero-order valence-electron chi connectivity index (χ0n) is 12.8. The number of aromatic amines is 1. The number of carbonyl (C=O) groups is 1. The summed E-state index contributed by atoms with van der Waals surface area (Å²) >= 11 is 0. The van der Waals surface area contributed by atoms with Crippen LogP contribution in [0.4, 0.5) is 0 Å². The predicted molar refractivity (Wildman–Crippen MR) is 83.7 cm³/mol. The summed E-state index contributed by atoms with van der Waals surface area (Å²) in [6.45, 7) is 1.10. The van der Waals surface area contributed by atoms with Gasteiger partial charge in [0.15, 0.2) is 0 Å². The van der Waals surface area contributed by atoms with Gasteiger partial charge >= 0.3 is 0 Å². The molecule has 0 bridgehead atoms. The monoisotopic (exact) mass is 325 g/mol. The number of para-hydroxylation sites is 1. The summed E-state index contributed by atoms with van der Waals surface area (Å²) in [5, 5.41) is 10.8. The molecular formula is C16H15N5O3. The van der Waals surface area contributed by atoms with Crippen molar-refractivity contribution in [3.05, 3.63) is 64.4 Å². The van der Waals surface area contributed by atoms with Crippen molar-refractivity contribution in [2.45, 2.75) is 12.3 Å². The first-order valence-electron chi connectivity index (χ1n) is 7.62. The number of H-pyrrole nitrogens is 1. The van der Waals surface area contributed by atoms with E-state index in [9.17, 15) is 9.59 Å². The molecule has 1 aromatic carbocycles. The van der Waals surface area contributed by atoms with E-state index in [1.807, 2.05) is 30.3 Å². The predicted octanol–water partition coefficient (Wildman–Crippen LogP) is 0.717. The third kappa shape index (κ3) is 2.73. The van der Waals surface area contributed by atoms with Gasteiger partial charge in [-0.2, -0.15) is 20.2 Å². The second-order valence-corrected chi connectivity index (χ2v) is 5.75. The van der Waals surface area contributed by atoms with Crippen LogP contribution in [0.1, 0.15) is 17.4 Å². The minimum atomic E-state index is -0.257. The van der Waals surface area contributed by atoms with E-state index in [0.29, 0.717) is 24.5 Å². The SMILES string of the molecule is O=C(Cc1cnn(-c2ccccc2)n1)N1CC(c2cc(=O)[nH]o2)C1. The van der Waals surface area contributed by atoms with E-state index in [0.717, 1.165) is 5.69 Å². The van der Waals surface area contributed by atoms with Crippen LogP contribution >= 0.6 is 0 Å². The van der Waals surface area contributed by atoms with Gasteiger partial charge in [0, 0.05) is 19.2 Å². The van der Waals surface area contributed by atoms with E-state index >= 15 is 0 Å². The second kappa shape index (κ2) is 5.80. The van der Waals surface area contributed by atoms with E-state index in [1.165, 1.54) is 10.9 Å². The van der Waals surface area contributed by atoms with Crippen molar-refractivity contribution in [1.29, 1.82) is 0 Å². The first kappa shape index (κ1) is 14.4. The van der Waals surface area contributed by atoms with E-state index in [-0.39, 0.29) is 23.8 Å². The van der Waals surface area contributed by atoms with Crippen molar-refractivity contribution >= 4 is 5.91 Å². The van der Waals surface area contributed by atoms with E-state index in [4.69, 9.17) is 4.52 Å². The van der Waals surface area contributed by atoms with Crippen LogP contribution in [-0.2, 0) is 11.2 Å². The molecule has 3 heterocycles. The lowest BCUT2D eigenvalue weighted by Gasteiger charge is -2.37. The highest BCUT2D eigenvalue weighted by Crippen LogP contribution is 2.26. The number of hydrogen-bond donors (Lipinski definition) is 1. The smallest absolute Gasteiger partial charge is 0.280 e. The van der Waals surface area contributed by atoms with Gasteiger partial charge in [0.25, 0.3) is 5.56 Å². The largest absolute Gasteiger partial charge is 0.383 e. The molecule has 1 fully saturated rings. The quantitative estimate of drug-likeness (QED) is 0.762. The molecule has 0 aliphatic carbocycles. The van der Waals surface area contributed by atoms with Gasteiger partial charge in [-0.05, 0) is 12.1 Å². The fourth-order valence-electron chi connectivity index (χ4n) is 2.69. The van der Waals surface area contributed by atoms with E-state index < -0.39 is 0 Å². The lowest BCUT2D eigenvalue weighted by atomic mass is 9.97. The van der Waals surface area contributed by atoms with Crippen molar-refractivity contribution in [2.24, 2.45) is 0 Å². The maximum absolute atomic E-state index is 12.3. The first-order valence-corrected chi connectivity index (χ1v) is 7.62. The summed E-state index contributed by atoms with van der Waals surface area (Å²) in [6.07, 6.45) is 1.81. The van der Waals surface area contributed by atoms with Gasteiger partial charge in [0.1, 0.15) is 5.76 Å². The van der Waals surface area contributed by atoms with Gasteiger partial charge in [0.2, 0.25) is 5.91 Å². The molecule has 122 valence electrons. The molecule has 0 unspecified atom stereocenters. The standard InChI is InChI=1S/C16H15N5O3/c22-15-7-14(24-19-15)11-9-20(10-11)16(23)6-12-8-17-21(18-12)13-4-2-1-3-5-13/h1-5,7-8,11H,6,9-10H2,(H,19,22). The summed E-state index contributed by atoms with van der Waals surface area (Å²) in [5.41, 5.74) is 1.22. The van der Waals surface area contributed by atoms with Crippen LogP contribution in [0.15, 0.2) is 51.9 Å². The molecule has 24 heavy (non-hydrogen) atoms. The van der Waals surface area contributed by atoms with Crippen LogP contribution in [0, 0.1) is 0 Å². The lowest BCUT2D eigenvalue weighted by molar-refractivity contribution is -0.135. The van der Waals surface area contributed by atoms with Gasteiger partial charge < -0.3 is 9.42 Å². The topological polar surface area (TPSA) is 97.0 Å². The maximum Gasteiger partial charge on any atom is 0.280 e. The van der Waals surface area contributed by atoms with Crippen molar-refractivity contribution in [3.63, 3.8) is 0 Å². The normalized spacial score (nSPS) is 14.6. The molecular weight excluding hydrogens is 310 g/mol. The molecule has 4 rings (SSSR count). The van der Waals surface area contributed by atoms with Gasteiger partial charge in [-0.25, -0.2) is 0 Å². The van der Waals surface area contributed by atoms with Crippen LogP contribution in [0.5, 0.6) is 0 Å². The zero-order valence-corrected chi connectivity index (χ0v) is 12.8. The first-order chi connectivity index (χ1) is 11.7. The van der Waals surface area contributed by atoms with E-state index in [1.54, 1.807) is 11.1 Å². The summed E-state index contributed by atoms with van der Waals surface area (Å²) < 4.78 is 5.07. The highest BCUT2D eigenvalue weighted by Gasteiger charge is 2.34. The molecule has 1 N–H and O–H groups in total. The van der Waals surface area contributed by atoms with Crippen LogP contribution in [-0.4, -0.2) is 44.0 Å². The number of nitrogens with one attached hydrogen (secondary N) is 1. The Labute approximate surface area is 136 Å². The maximum atomic E-state index is 12.3. The number of rotatable bonds is 4. The molecule has 8 heteroatoms. The average molecular weight is 325 g/mol. The number of nitrogens with zero attached hydrogens (tertiary/aromatic N) is 4. The van der Waals surface area contributed by atoms with Gasteiger partial charge in [0.05, 0.1) is 29.9 Å². The van der Waals surface area contributed by atoms with Gasteiger partial charge in [-0.3, -0.25) is 9.59 Å². The lowest BCUT2D eigenvalue weighted by Crippen LogP contribution is -2.49. The number of carbonyl (C=O) groups excluding carboxylic acids is 1. The Bertz CT molecular complexity index is 905. The highest BCUT2D eigenvalue weighted by atomic mass is 16.5. The van der Waals surface area contributed by atoms with Crippen molar-refractivity contribution in [3.8, 4) is 5.69 Å². The molecule has 2 aromatic heterocycles. The number of likely N-dealkylation sites (tertiary alicyclic amines) is 1. The third-order valence-corrected chi connectivity index (χ3v) is 4.04. The Morgan fingerprint density at radius 1 is 1.29 bits per heavy atom. The number of hydrogen-bond acceptors (Lipinski definition) is 5. The molecule has 1 amide bonds. The zero-order chi connectivity index (χ0) is 16.5. The Morgan fingerprint density at radius 3 is 2.79 bits per heavy atom. The Morgan fingerprint density at radius 2 is 2.08 bits per heavy atom.